The molecule has 1 aliphatic carbocycles. The Morgan fingerprint density at radius 1 is 1.47 bits per heavy atom. The van der Waals surface area contributed by atoms with Gasteiger partial charge in [0.1, 0.15) is 12.4 Å². The predicted octanol–water partition coefficient (Wildman–Crippen LogP) is 1.29. The number of rotatable bonds is 3. The lowest BCUT2D eigenvalue weighted by molar-refractivity contribution is -0.120. The first-order chi connectivity index (χ1) is 9.11. The Kier molecular flexibility index (Phi) is 3.99. The van der Waals surface area contributed by atoms with Gasteiger partial charge in [-0.2, -0.15) is 0 Å². The van der Waals surface area contributed by atoms with Crippen LogP contribution in [-0.2, 0) is 16.0 Å². The summed E-state index contributed by atoms with van der Waals surface area (Å²) in [7, 11) is 1.23. The molecule has 0 saturated heterocycles. The lowest BCUT2D eigenvalue weighted by Gasteiger charge is -2.14. The summed E-state index contributed by atoms with van der Waals surface area (Å²) in [5, 5.41) is 5.06. The third-order valence-corrected chi connectivity index (χ3v) is 3.13. The molecule has 0 heterocycles. The molecule has 5 nitrogen and oxygen atoms in total. The van der Waals surface area contributed by atoms with Crippen LogP contribution in [0, 0.1) is 5.82 Å². The van der Waals surface area contributed by atoms with Gasteiger partial charge in [0, 0.05) is 0 Å². The second kappa shape index (κ2) is 5.69. The number of ether oxygens (including phenoxy) is 1. The molecule has 2 N–H and O–H groups in total. The van der Waals surface area contributed by atoms with Crippen molar-refractivity contribution >= 4 is 12.0 Å². The van der Waals surface area contributed by atoms with Gasteiger partial charge < -0.3 is 15.4 Å². The van der Waals surface area contributed by atoms with E-state index in [9.17, 15) is 14.0 Å². The van der Waals surface area contributed by atoms with Crippen LogP contribution >= 0.6 is 0 Å². The molecule has 1 aliphatic rings. The van der Waals surface area contributed by atoms with Crippen molar-refractivity contribution in [1.29, 1.82) is 0 Å². The molecule has 1 unspecified atom stereocenters. The van der Waals surface area contributed by atoms with Gasteiger partial charge in [-0.25, -0.2) is 9.18 Å². The third kappa shape index (κ3) is 3.01. The summed E-state index contributed by atoms with van der Waals surface area (Å²) in [6, 6.07) is 4.66. The fourth-order valence-electron chi connectivity index (χ4n) is 2.23. The molecular formula is C13H15FN2O3. The normalized spacial score (nSPS) is 16.6. The number of alkyl carbamates (subject to hydrolysis) is 1. The van der Waals surface area contributed by atoms with Crippen LogP contribution in [0.3, 0.4) is 0 Å². The first kappa shape index (κ1) is 13.3. The van der Waals surface area contributed by atoms with Gasteiger partial charge in [-0.15, -0.1) is 0 Å². The van der Waals surface area contributed by atoms with Crippen LogP contribution in [0.4, 0.5) is 9.18 Å². The minimum atomic E-state index is -0.659. The van der Waals surface area contributed by atoms with Gasteiger partial charge in [0.05, 0.1) is 13.2 Å². The molecule has 0 aliphatic heterocycles. The number of halogens is 1. The summed E-state index contributed by atoms with van der Waals surface area (Å²) in [5.41, 5.74) is 1.47. The van der Waals surface area contributed by atoms with E-state index in [2.05, 4.69) is 15.4 Å². The van der Waals surface area contributed by atoms with Crippen LogP contribution in [0.5, 0.6) is 0 Å². The van der Waals surface area contributed by atoms with Crippen molar-refractivity contribution in [3.63, 3.8) is 0 Å². The van der Waals surface area contributed by atoms with E-state index in [-0.39, 0.29) is 24.3 Å². The quantitative estimate of drug-likeness (QED) is 0.866. The largest absolute Gasteiger partial charge is 0.453 e. The fraction of sp³-hybridized carbons (Fsp3) is 0.385. The molecule has 0 radical (unpaired) electrons. The summed E-state index contributed by atoms with van der Waals surface area (Å²) in [5.74, 6) is -0.561. The minimum Gasteiger partial charge on any atom is -0.453 e. The number of amides is 2. The topological polar surface area (TPSA) is 67.4 Å². The summed E-state index contributed by atoms with van der Waals surface area (Å²) < 4.78 is 17.9. The van der Waals surface area contributed by atoms with Crippen LogP contribution in [-0.4, -0.2) is 25.7 Å². The molecule has 1 atom stereocenters. The van der Waals surface area contributed by atoms with E-state index in [1.54, 1.807) is 6.07 Å². The van der Waals surface area contributed by atoms with Crippen LogP contribution < -0.4 is 10.6 Å². The van der Waals surface area contributed by atoms with Gasteiger partial charge >= 0.3 is 6.09 Å². The maximum Gasteiger partial charge on any atom is 0.407 e. The Labute approximate surface area is 110 Å². The van der Waals surface area contributed by atoms with Crippen LogP contribution in [0.25, 0.3) is 0 Å². The van der Waals surface area contributed by atoms with Gasteiger partial charge in [0.25, 0.3) is 0 Å². The molecule has 1 aromatic rings. The number of nitrogens with one attached hydrogen (secondary N) is 2. The zero-order valence-electron chi connectivity index (χ0n) is 10.5. The van der Waals surface area contributed by atoms with Gasteiger partial charge in [0.2, 0.25) is 5.91 Å². The Hall–Kier alpha value is -2.11. The number of carbonyl (C=O) groups is 2. The number of carbonyl (C=O) groups excluding carboxylic acids is 2. The Bertz CT molecular complexity index is 505. The number of hydrogen-bond donors (Lipinski definition) is 2. The fourth-order valence-corrected chi connectivity index (χ4v) is 2.23. The molecule has 0 spiro atoms. The maximum absolute atomic E-state index is 13.5. The molecular weight excluding hydrogens is 251 g/mol. The predicted molar refractivity (Wildman–Crippen MR) is 66.0 cm³/mol. The van der Waals surface area contributed by atoms with Gasteiger partial charge in [-0.05, 0) is 30.0 Å². The molecule has 6 heteroatoms. The third-order valence-electron chi connectivity index (χ3n) is 3.13. The first-order valence-corrected chi connectivity index (χ1v) is 6.00. The molecule has 0 saturated carbocycles. The molecule has 19 heavy (non-hydrogen) atoms. The highest BCUT2D eigenvalue weighted by Crippen LogP contribution is 2.32. The average molecular weight is 266 g/mol. The highest BCUT2D eigenvalue weighted by Gasteiger charge is 2.25. The maximum atomic E-state index is 13.5. The molecule has 1 aromatic carbocycles. The van der Waals surface area contributed by atoms with E-state index < -0.39 is 6.09 Å². The smallest absolute Gasteiger partial charge is 0.407 e. The monoisotopic (exact) mass is 266 g/mol. The Morgan fingerprint density at radius 2 is 2.26 bits per heavy atom. The van der Waals surface area contributed by atoms with Crippen molar-refractivity contribution in [2.24, 2.45) is 0 Å². The van der Waals surface area contributed by atoms with Crippen LogP contribution in [0.1, 0.15) is 23.6 Å². The standard InChI is InChI=1S/C13H15FN2O3/c1-19-13(18)15-7-12(17)16-11-6-5-8-9(11)3-2-4-10(8)14/h2-4,11H,5-7H2,1H3,(H,15,18)(H,16,17). The van der Waals surface area contributed by atoms with E-state index >= 15 is 0 Å². The summed E-state index contributed by atoms with van der Waals surface area (Å²) in [6.45, 7) is -0.159. The van der Waals surface area contributed by atoms with Crippen molar-refractivity contribution in [2.45, 2.75) is 18.9 Å². The van der Waals surface area contributed by atoms with Gasteiger partial charge in [-0.1, -0.05) is 12.1 Å². The zero-order valence-corrected chi connectivity index (χ0v) is 10.5. The van der Waals surface area contributed by atoms with Gasteiger partial charge in [-0.3, -0.25) is 4.79 Å². The van der Waals surface area contributed by atoms with E-state index in [0.29, 0.717) is 18.4 Å². The van der Waals surface area contributed by atoms with Crippen LogP contribution in [0.15, 0.2) is 18.2 Å². The van der Waals surface area contributed by atoms with E-state index in [0.717, 1.165) is 5.56 Å². The number of fused-ring (bicyclic) bond motifs is 1. The average Bonchev–Trinajstić information content (AvgIpc) is 2.81. The number of benzene rings is 1. The van der Waals surface area contributed by atoms with Crippen molar-refractivity contribution in [1.82, 2.24) is 10.6 Å². The Morgan fingerprint density at radius 3 is 3.00 bits per heavy atom. The number of methoxy groups -OCH3 is 1. The van der Waals surface area contributed by atoms with Crippen LogP contribution in [0.2, 0.25) is 0 Å². The molecule has 0 fully saturated rings. The second-order valence-electron chi connectivity index (χ2n) is 4.31. The van der Waals surface area contributed by atoms with Crippen molar-refractivity contribution in [3.8, 4) is 0 Å². The summed E-state index contributed by atoms with van der Waals surface area (Å²) >= 11 is 0. The molecule has 2 amide bonds. The van der Waals surface area contributed by atoms with Crippen molar-refractivity contribution in [3.05, 3.63) is 35.1 Å². The molecule has 0 bridgehead atoms. The summed E-state index contributed by atoms with van der Waals surface area (Å²) in [6.07, 6.45) is 0.616. The van der Waals surface area contributed by atoms with Gasteiger partial charge in [0.15, 0.2) is 0 Å². The van der Waals surface area contributed by atoms with Crippen molar-refractivity contribution in [2.75, 3.05) is 13.7 Å². The first-order valence-electron chi connectivity index (χ1n) is 6.00. The highest BCUT2D eigenvalue weighted by molar-refractivity contribution is 5.82. The van der Waals surface area contributed by atoms with E-state index in [4.69, 9.17) is 0 Å². The molecule has 0 aromatic heterocycles. The molecule has 2 rings (SSSR count). The Balaban J connectivity index is 1.94. The summed E-state index contributed by atoms with van der Waals surface area (Å²) in [4.78, 5) is 22.5. The lowest BCUT2D eigenvalue weighted by Crippen LogP contribution is -2.38. The molecule has 102 valence electrons. The van der Waals surface area contributed by atoms with E-state index in [1.165, 1.54) is 13.2 Å². The lowest BCUT2D eigenvalue weighted by atomic mass is 10.1. The second-order valence-corrected chi connectivity index (χ2v) is 4.31. The van der Waals surface area contributed by atoms with E-state index in [1.807, 2.05) is 6.07 Å². The van der Waals surface area contributed by atoms with Crippen molar-refractivity contribution < 1.29 is 18.7 Å². The zero-order chi connectivity index (χ0) is 13.8. The minimum absolute atomic E-state index is 0.159. The highest BCUT2D eigenvalue weighted by atomic mass is 19.1. The SMILES string of the molecule is COC(=O)NCC(=O)NC1CCc2c(F)cccc21. The number of hydrogen-bond acceptors (Lipinski definition) is 3.